The number of aromatic nitrogens is 1. The number of guanidine groups is 1. The monoisotopic (exact) mass is 693 g/mol. The lowest BCUT2D eigenvalue weighted by Crippen LogP contribution is -2.41. The zero-order chi connectivity index (χ0) is 34.3. The second-order valence-corrected chi connectivity index (χ2v) is 13.5. The van der Waals surface area contributed by atoms with Gasteiger partial charge in [-0.05, 0) is 64.2 Å². The summed E-state index contributed by atoms with van der Waals surface area (Å²) in [6.45, 7) is 1.55. The molecule has 4 aromatic rings. The molecule has 0 aliphatic carbocycles. The van der Waals surface area contributed by atoms with Gasteiger partial charge in [0, 0.05) is 38.3 Å². The molecule has 14 nitrogen and oxygen atoms in total. The van der Waals surface area contributed by atoms with E-state index in [1.807, 2.05) is 30.3 Å². The molecule has 48 heavy (non-hydrogen) atoms. The molecular formula is C32H35N7O7S2. The molecule has 1 atom stereocenters. The fourth-order valence-electron chi connectivity index (χ4n) is 5.22. The molecule has 0 saturated heterocycles. The van der Waals surface area contributed by atoms with Gasteiger partial charge in [-0.25, -0.2) is 18.2 Å². The molecule has 2 aromatic carbocycles. The van der Waals surface area contributed by atoms with Crippen molar-refractivity contribution in [3.63, 3.8) is 0 Å². The number of nitrogens with two attached hydrogens (primary N) is 1. The smallest absolute Gasteiger partial charge is 0.326 e. The molecule has 1 aliphatic rings. The SMILES string of the molecule is N=C(N)NCCCC(NC(=O)c1sccc1NS(=O)(=O)c1cc(-c2ccccc2CNCc2ccc(O)nc2)cc2c1OCC2)C(=O)O. The number of carbonyl (C=O) groups is 2. The van der Waals surface area contributed by atoms with Crippen molar-refractivity contribution in [3.05, 3.63) is 87.7 Å². The van der Waals surface area contributed by atoms with Crippen LogP contribution in [0.25, 0.3) is 11.1 Å². The van der Waals surface area contributed by atoms with E-state index in [-0.39, 0.29) is 46.0 Å². The maximum atomic E-state index is 13.9. The molecule has 2 aromatic heterocycles. The van der Waals surface area contributed by atoms with Gasteiger partial charge in [-0.1, -0.05) is 30.3 Å². The summed E-state index contributed by atoms with van der Waals surface area (Å²) in [5.74, 6) is -2.05. The van der Waals surface area contributed by atoms with E-state index in [4.69, 9.17) is 15.9 Å². The average molecular weight is 694 g/mol. The van der Waals surface area contributed by atoms with Crippen molar-refractivity contribution in [3.8, 4) is 22.8 Å². The van der Waals surface area contributed by atoms with Crippen LogP contribution in [0.5, 0.6) is 11.6 Å². The van der Waals surface area contributed by atoms with Gasteiger partial charge in [0.1, 0.15) is 21.6 Å². The van der Waals surface area contributed by atoms with E-state index in [9.17, 15) is 28.2 Å². The summed E-state index contributed by atoms with van der Waals surface area (Å²) < 4.78 is 36.2. The van der Waals surface area contributed by atoms with Gasteiger partial charge >= 0.3 is 5.97 Å². The number of pyridine rings is 1. The molecule has 0 saturated carbocycles. The number of anilines is 1. The maximum absolute atomic E-state index is 13.9. The number of hydrogen-bond donors (Lipinski definition) is 8. The summed E-state index contributed by atoms with van der Waals surface area (Å²) in [5.41, 5.74) is 9.31. The molecule has 0 bridgehead atoms. The number of carboxylic acid groups (broad SMARTS) is 1. The summed E-state index contributed by atoms with van der Waals surface area (Å²) in [6, 6.07) is 14.6. The Bertz CT molecular complexity index is 1910. The molecule has 1 aliphatic heterocycles. The highest BCUT2D eigenvalue weighted by Gasteiger charge is 2.30. The van der Waals surface area contributed by atoms with Crippen molar-refractivity contribution >= 4 is 44.9 Å². The number of carboxylic acids is 1. The van der Waals surface area contributed by atoms with Gasteiger partial charge in [-0.3, -0.25) is 14.9 Å². The second kappa shape index (κ2) is 15.1. The van der Waals surface area contributed by atoms with Crippen LogP contribution < -0.4 is 31.1 Å². The first-order valence-electron chi connectivity index (χ1n) is 15.0. The first-order chi connectivity index (χ1) is 23.0. The van der Waals surface area contributed by atoms with Crippen LogP contribution in [0.1, 0.15) is 39.2 Å². The number of sulfonamides is 1. The molecule has 9 N–H and O–H groups in total. The fraction of sp³-hybridized carbons (Fsp3) is 0.250. The third kappa shape index (κ3) is 8.39. The van der Waals surface area contributed by atoms with Crippen LogP contribution in [0.15, 0.2) is 71.1 Å². The van der Waals surface area contributed by atoms with Gasteiger partial charge in [0.05, 0.1) is 12.3 Å². The lowest BCUT2D eigenvalue weighted by molar-refractivity contribution is -0.139. The Morgan fingerprint density at radius 2 is 1.94 bits per heavy atom. The van der Waals surface area contributed by atoms with Crippen LogP contribution in [-0.4, -0.2) is 60.6 Å². The molecule has 0 radical (unpaired) electrons. The second-order valence-electron chi connectivity index (χ2n) is 11.0. The minimum Gasteiger partial charge on any atom is -0.493 e. The van der Waals surface area contributed by atoms with Crippen molar-refractivity contribution in [2.45, 2.75) is 43.3 Å². The highest BCUT2D eigenvalue weighted by molar-refractivity contribution is 7.92. The first-order valence-corrected chi connectivity index (χ1v) is 17.3. The number of carbonyl (C=O) groups excluding carboxylic acids is 1. The molecule has 252 valence electrons. The number of rotatable bonds is 15. The summed E-state index contributed by atoms with van der Waals surface area (Å²) in [6.07, 6.45) is 2.49. The standard InChI is InChI=1S/C32H35N7O7S2/c33-32(34)36-11-3-6-25(31(42)43)38-30(41)29-24(10-13-47-29)39-48(44,45)26-15-22(14-20-9-12-46-28(20)26)23-5-2-1-4-21(23)18-35-16-19-7-8-27(40)37-17-19/h1-2,4-5,7-8,10,13-15,17,25,35,39H,3,6,9,11-12,16,18H2,(H,37,40)(H,38,41)(H,42,43)(H4,33,34,36). The van der Waals surface area contributed by atoms with Crippen molar-refractivity contribution in [2.24, 2.45) is 5.73 Å². The first kappa shape index (κ1) is 34.2. The van der Waals surface area contributed by atoms with E-state index < -0.39 is 27.9 Å². The van der Waals surface area contributed by atoms with Crippen molar-refractivity contribution in [2.75, 3.05) is 17.9 Å². The number of hydrogen-bond acceptors (Lipinski definition) is 10. The summed E-state index contributed by atoms with van der Waals surface area (Å²) >= 11 is 0.970. The van der Waals surface area contributed by atoms with Crippen LogP contribution in [0.2, 0.25) is 0 Å². The van der Waals surface area contributed by atoms with Crippen molar-refractivity contribution in [1.82, 2.24) is 20.9 Å². The Balaban J connectivity index is 1.36. The lowest BCUT2D eigenvalue weighted by atomic mass is 9.97. The van der Waals surface area contributed by atoms with Crippen molar-refractivity contribution in [1.29, 1.82) is 5.41 Å². The van der Waals surface area contributed by atoms with E-state index in [1.165, 1.54) is 17.5 Å². The number of nitrogens with zero attached hydrogens (tertiary/aromatic N) is 1. The molecule has 5 rings (SSSR count). The number of fused-ring (bicyclic) bond motifs is 1. The van der Waals surface area contributed by atoms with Crippen LogP contribution in [0, 0.1) is 5.41 Å². The number of ether oxygens (including phenoxy) is 1. The highest BCUT2D eigenvalue weighted by atomic mass is 32.2. The predicted molar refractivity (Wildman–Crippen MR) is 181 cm³/mol. The van der Waals surface area contributed by atoms with Crippen LogP contribution in [0.4, 0.5) is 5.69 Å². The van der Waals surface area contributed by atoms with Crippen LogP contribution in [0.3, 0.4) is 0 Å². The minimum atomic E-state index is -4.28. The molecular weight excluding hydrogens is 659 g/mol. The zero-order valence-corrected chi connectivity index (χ0v) is 27.3. The normalized spacial score (nSPS) is 12.8. The van der Waals surface area contributed by atoms with Crippen molar-refractivity contribution < 1.29 is 33.0 Å². The van der Waals surface area contributed by atoms with Crippen LogP contribution in [-0.2, 0) is 34.3 Å². The van der Waals surface area contributed by atoms with E-state index in [1.54, 1.807) is 18.3 Å². The minimum absolute atomic E-state index is 0.000605. The average Bonchev–Trinajstić information content (AvgIpc) is 3.72. The van der Waals surface area contributed by atoms with E-state index in [0.29, 0.717) is 38.1 Å². The number of amides is 1. The number of nitrogens with one attached hydrogen (secondary N) is 5. The lowest BCUT2D eigenvalue weighted by Gasteiger charge is -2.17. The zero-order valence-electron chi connectivity index (χ0n) is 25.7. The number of benzene rings is 2. The van der Waals surface area contributed by atoms with Gasteiger partial charge in [0.25, 0.3) is 15.9 Å². The summed E-state index contributed by atoms with van der Waals surface area (Å²) in [4.78, 5) is 28.8. The molecule has 0 spiro atoms. The maximum Gasteiger partial charge on any atom is 0.326 e. The molecule has 0 fully saturated rings. The summed E-state index contributed by atoms with van der Waals surface area (Å²) in [5, 5.41) is 36.2. The molecule has 1 unspecified atom stereocenters. The van der Waals surface area contributed by atoms with E-state index in [2.05, 4.69) is 25.7 Å². The number of thiophene rings is 1. The predicted octanol–water partition coefficient (Wildman–Crippen LogP) is 2.99. The highest BCUT2D eigenvalue weighted by Crippen LogP contribution is 2.39. The van der Waals surface area contributed by atoms with Gasteiger partial charge in [0.2, 0.25) is 5.88 Å². The van der Waals surface area contributed by atoms with Gasteiger partial charge in [-0.15, -0.1) is 11.3 Å². The Morgan fingerprint density at radius 3 is 2.69 bits per heavy atom. The Kier molecular flexibility index (Phi) is 10.8. The van der Waals surface area contributed by atoms with E-state index in [0.717, 1.165) is 33.6 Å². The molecule has 1 amide bonds. The topological polar surface area (TPSA) is 229 Å². The van der Waals surface area contributed by atoms with Crippen LogP contribution >= 0.6 is 11.3 Å². The third-order valence-corrected chi connectivity index (χ3v) is 9.81. The van der Waals surface area contributed by atoms with Gasteiger partial charge < -0.3 is 36.6 Å². The van der Waals surface area contributed by atoms with E-state index >= 15 is 0 Å². The molecule has 3 heterocycles. The largest absolute Gasteiger partial charge is 0.493 e. The Morgan fingerprint density at radius 1 is 1.12 bits per heavy atom. The van der Waals surface area contributed by atoms with Gasteiger partial charge in [-0.2, -0.15) is 0 Å². The quantitative estimate of drug-likeness (QED) is 0.0513. The van der Waals surface area contributed by atoms with Gasteiger partial charge in [0.15, 0.2) is 5.96 Å². The number of aliphatic carboxylic acids is 1. The Hall–Kier alpha value is -5.19. The summed E-state index contributed by atoms with van der Waals surface area (Å²) in [7, 11) is -4.28. The molecule has 16 heteroatoms. The number of aromatic hydroxyl groups is 1. The Labute approximate surface area is 280 Å². The third-order valence-electron chi connectivity index (χ3n) is 7.53. The fourth-order valence-corrected chi connectivity index (χ4v) is 7.32.